The van der Waals surface area contributed by atoms with Crippen LogP contribution >= 0.6 is 0 Å². The van der Waals surface area contributed by atoms with Crippen molar-refractivity contribution in [3.8, 4) is 5.75 Å². The van der Waals surface area contributed by atoms with Gasteiger partial charge in [-0.3, -0.25) is 14.4 Å². The lowest BCUT2D eigenvalue weighted by Gasteiger charge is -2.28. The third kappa shape index (κ3) is 6.75. The maximum absolute atomic E-state index is 12.4. The number of nitrogens with one attached hydrogen (secondary N) is 1. The molecule has 1 fully saturated rings. The van der Waals surface area contributed by atoms with Crippen molar-refractivity contribution in [3.05, 3.63) is 18.2 Å². The number of carbonyl (C=O) groups excluding carboxylic acids is 3. The van der Waals surface area contributed by atoms with Gasteiger partial charge >= 0.3 is 0 Å². The largest absolute Gasteiger partial charge is 0.495 e. The van der Waals surface area contributed by atoms with E-state index in [-0.39, 0.29) is 24.1 Å². The highest BCUT2D eigenvalue weighted by Crippen LogP contribution is 2.33. The van der Waals surface area contributed by atoms with Crippen LogP contribution in [0, 0.1) is 0 Å². The Balaban J connectivity index is 1.92. The average molecular weight is 418 g/mol. The van der Waals surface area contributed by atoms with Gasteiger partial charge < -0.3 is 19.9 Å². The predicted molar refractivity (Wildman–Crippen MR) is 119 cm³/mol. The minimum Gasteiger partial charge on any atom is -0.495 e. The van der Waals surface area contributed by atoms with Crippen LogP contribution < -0.4 is 15.0 Å². The Hall–Kier alpha value is -2.57. The number of methoxy groups -OCH3 is 1. The number of rotatable bonds is 11. The van der Waals surface area contributed by atoms with Crippen molar-refractivity contribution in [2.45, 2.75) is 65.2 Å². The highest BCUT2D eigenvalue weighted by molar-refractivity contribution is 5.97. The van der Waals surface area contributed by atoms with Gasteiger partial charge in [-0.25, -0.2) is 0 Å². The molecule has 1 heterocycles. The Labute approximate surface area is 179 Å². The summed E-state index contributed by atoms with van der Waals surface area (Å²) in [6.45, 7) is 6.31. The fraction of sp³-hybridized carbons (Fsp3) is 0.609. The molecule has 0 saturated carbocycles. The van der Waals surface area contributed by atoms with Gasteiger partial charge in [0.25, 0.3) is 0 Å². The topological polar surface area (TPSA) is 79.0 Å². The minimum absolute atomic E-state index is 0.0743. The molecule has 2 rings (SSSR count). The van der Waals surface area contributed by atoms with Crippen molar-refractivity contribution in [3.63, 3.8) is 0 Å². The molecule has 0 radical (unpaired) electrons. The zero-order valence-electron chi connectivity index (χ0n) is 18.5. The van der Waals surface area contributed by atoms with Crippen LogP contribution in [-0.4, -0.2) is 49.4 Å². The molecule has 7 nitrogen and oxygen atoms in total. The van der Waals surface area contributed by atoms with E-state index in [0.717, 1.165) is 38.8 Å². The Morgan fingerprint density at radius 2 is 1.87 bits per heavy atom. The lowest BCUT2D eigenvalue weighted by Crippen LogP contribution is -2.35. The fourth-order valence-electron chi connectivity index (χ4n) is 3.72. The molecule has 3 amide bonds. The van der Waals surface area contributed by atoms with Crippen molar-refractivity contribution in [1.29, 1.82) is 0 Å². The maximum Gasteiger partial charge on any atom is 0.227 e. The number of hydrogen-bond donors (Lipinski definition) is 1. The minimum atomic E-state index is -0.138. The predicted octanol–water partition coefficient (Wildman–Crippen LogP) is 3.97. The maximum atomic E-state index is 12.4. The highest BCUT2D eigenvalue weighted by Gasteiger charge is 2.23. The first-order valence-electron chi connectivity index (χ1n) is 11.1. The summed E-state index contributed by atoms with van der Waals surface area (Å²) in [5.41, 5.74) is 1.31. The number of piperidine rings is 1. The van der Waals surface area contributed by atoms with Crippen molar-refractivity contribution in [1.82, 2.24) is 4.90 Å². The van der Waals surface area contributed by atoms with Gasteiger partial charge in [0, 0.05) is 44.6 Å². The molecular weight excluding hydrogens is 382 g/mol. The molecule has 7 heteroatoms. The fourth-order valence-corrected chi connectivity index (χ4v) is 3.72. The lowest BCUT2D eigenvalue weighted by molar-refractivity contribution is -0.131. The van der Waals surface area contributed by atoms with Crippen LogP contribution in [-0.2, 0) is 14.4 Å². The second kappa shape index (κ2) is 12.2. The first kappa shape index (κ1) is 23.7. The molecule has 0 spiro atoms. The third-order valence-corrected chi connectivity index (χ3v) is 5.21. The Bertz CT molecular complexity index is 729. The molecule has 1 aromatic carbocycles. The molecular formula is C23H35N3O4. The molecule has 1 N–H and O–H groups in total. The summed E-state index contributed by atoms with van der Waals surface area (Å²) in [7, 11) is 1.57. The van der Waals surface area contributed by atoms with E-state index in [0.29, 0.717) is 42.9 Å². The number of anilines is 2. The smallest absolute Gasteiger partial charge is 0.227 e. The van der Waals surface area contributed by atoms with E-state index in [1.165, 1.54) is 0 Å². The molecule has 30 heavy (non-hydrogen) atoms. The summed E-state index contributed by atoms with van der Waals surface area (Å²) in [6.07, 6.45) is 5.43. The molecule has 1 aliphatic rings. The summed E-state index contributed by atoms with van der Waals surface area (Å²) in [5.74, 6) is 0.661. The van der Waals surface area contributed by atoms with Crippen LogP contribution in [0.5, 0.6) is 5.75 Å². The van der Waals surface area contributed by atoms with Crippen LogP contribution in [0.2, 0.25) is 0 Å². The third-order valence-electron chi connectivity index (χ3n) is 5.21. The van der Waals surface area contributed by atoms with E-state index in [2.05, 4.69) is 19.2 Å². The molecule has 166 valence electrons. The number of carbonyl (C=O) groups is 3. The van der Waals surface area contributed by atoms with Crippen molar-refractivity contribution in [2.75, 3.05) is 37.0 Å². The van der Waals surface area contributed by atoms with Gasteiger partial charge in [-0.05, 0) is 50.3 Å². The first-order chi connectivity index (χ1) is 14.5. The second-order valence-electron chi connectivity index (χ2n) is 7.67. The summed E-state index contributed by atoms with van der Waals surface area (Å²) in [4.78, 5) is 40.6. The summed E-state index contributed by atoms with van der Waals surface area (Å²) < 4.78 is 5.41. The molecule has 1 saturated heterocycles. The number of hydrogen-bond acceptors (Lipinski definition) is 4. The summed E-state index contributed by atoms with van der Waals surface area (Å²) in [6, 6.07) is 5.32. The standard InChI is InChI=1S/C23H35N3O4/c1-4-14-25(15-5-2)22(28)11-8-9-21(27)24-18-12-13-20(30-3)19(17-18)26-16-7-6-10-23(26)29/h12-13,17H,4-11,14-16H2,1-3H3,(H,24,27). The van der Waals surface area contributed by atoms with Gasteiger partial charge in [-0.2, -0.15) is 0 Å². The molecule has 0 bridgehead atoms. The second-order valence-corrected chi connectivity index (χ2v) is 7.67. The lowest BCUT2D eigenvalue weighted by atomic mass is 10.1. The monoisotopic (exact) mass is 417 g/mol. The molecule has 0 unspecified atom stereocenters. The van der Waals surface area contributed by atoms with E-state index in [4.69, 9.17) is 4.74 Å². The molecule has 0 aromatic heterocycles. The van der Waals surface area contributed by atoms with E-state index in [1.54, 1.807) is 30.2 Å². The normalized spacial score (nSPS) is 13.8. The Morgan fingerprint density at radius 3 is 2.50 bits per heavy atom. The molecule has 1 aromatic rings. The molecule has 1 aliphatic heterocycles. The number of benzene rings is 1. The van der Waals surface area contributed by atoms with Crippen molar-refractivity contribution < 1.29 is 19.1 Å². The van der Waals surface area contributed by atoms with Crippen molar-refractivity contribution >= 4 is 29.1 Å². The van der Waals surface area contributed by atoms with Gasteiger partial charge in [0.2, 0.25) is 17.7 Å². The summed E-state index contributed by atoms with van der Waals surface area (Å²) >= 11 is 0. The van der Waals surface area contributed by atoms with Crippen molar-refractivity contribution in [2.24, 2.45) is 0 Å². The summed E-state index contributed by atoms with van der Waals surface area (Å²) in [5, 5.41) is 2.88. The van der Waals surface area contributed by atoms with Crippen LogP contribution in [0.15, 0.2) is 18.2 Å². The van der Waals surface area contributed by atoms with Gasteiger partial charge in [-0.15, -0.1) is 0 Å². The molecule has 0 aliphatic carbocycles. The van der Waals surface area contributed by atoms with Crippen LogP contribution in [0.4, 0.5) is 11.4 Å². The number of ether oxygens (including phenoxy) is 1. The van der Waals surface area contributed by atoms with Gasteiger partial charge in [-0.1, -0.05) is 13.8 Å². The van der Waals surface area contributed by atoms with Crippen LogP contribution in [0.3, 0.4) is 0 Å². The van der Waals surface area contributed by atoms with E-state index < -0.39 is 0 Å². The Kier molecular flexibility index (Phi) is 9.64. The van der Waals surface area contributed by atoms with E-state index in [9.17, 15) is 14.4 Å². The SMILES string of the molecule is CCCN(CCC)C(=O)CCCC(=O)Nc1ccc(OC)c(N2CCCCC2=O)c1. The first-order valence-corrected chi connectivity index (χ1v) is 11.1. The van der Waals surface area contributed by atoms with Crippen LogP contribution in [0.25, 0.3) is 0 Å². The van der Waals surface area contributed by atoms with E-state index >= 15 is 0 Å². The number of amides is 3. The van der Waals surface area contributed by atoms with Gasteiger partial charge in [0.1, 0.15) is 5.75 Å². The zero-order chi connectivity index (χ0) is 21.9. The van der Waals surface area contributed by atoms with Crippen LogP contribution in [0.1, 0.15) is 65.2 Å². The zero-order valence-corrected chi connectivity index (χ0v) is 18.5. The average Bonchev–Trinajstić information content (AvgIpc) is 2.74. The molecule has 0 atom stereocenters. The van der Waals surface area contributed by atoms with Gasteiger partial charge in [0.15, 0.2) is 0 Å². The van der Waals surface area contributed by atoms with E-state index in [1.807, 2.05) is 4.90 Å². The van der Waals surface area contributed by atoms with Gasteiger partial charge in [0.05, 0.1) is 12.8 Å². The highest BCUT2D eigenvalue weighted by atomic mass is 16.5. The Morgan fingerprint density at radius 1 is 1.13 bits per heavy atom. The quantitative estimate of drug-likeness (QED) is 0.591. The number of nitrogens with zero attached hydrogens (tertiary/aromatic N) is 2.